The van der Waals surface area contributed by atoms with Crippen LogP contribution in [-0.2, 0) is 0 Å². The van der Waals surface area contributed by atoms with E-state index in [1.54, 1.807) is 11.8 Å². The van der Waals surface area contributed by atoms with E-state index < -0.39 is 0 Å². The van der Waals surface area contributed by atoms with Crippen LogP contribution in [0, 0.1) is 0 Å². The maximum Gasteiger partial charge on any atom is 0.180 e. The molecule has 0 aliphatic rings. The molecule has 2 N–H and O–H groups in total. The van der Waals surface area contributed by atoms with Gasteiger partial charge in [0.2, 0.25) is 0 Å². The Morgan fingerprint density at radius 3 is 2.93 bits per heavy atom. The van der Waals surface area contributed by atoms with Gasteiger partial charge in [-0.1, -0.05) is 23.5 Å². The van der Waals surface area contributed by atoms with Gasteiger partial charge in [-0.2, -0.15) is 0 Å². The summed E-state index contributed by atoms with van der Waals surface area (Å²) in [5, 5.41) is 0.620. The first kappa shape index (κ1) is 9.55. The molecule has 0 bridgehead atoms. The molecule has 0 amide bonds. The Labute approximate surface area is 91.2 Å². The molecule has 4 heteroatoms. The minimum atomic E-state index is 0.620. The molecule has 0 unspecified atom stereocenters. The van der Waals surface area contributed by atoms with Gasteiger partial charge in [-0.05, 0) is 24.0 Å². The summed E-state index contributed by atoms with van der Waals surface area (Å²) >= 11 is 3.25. The third-order valence-corrected chi connectivity index (χ3v) is 3.48. The molecule has 1 heterocycles. The number of benzene rings is 1. The number of hydrogen-bond donors (Lipinski definition) is 1. The van der Waals surface area contributed by atoms with E-state index in [-0.39, 0.29) is 0 Å². The van der Waals surface area contributed by atoms with E-state index in [1.807, 2.05) is 6.20 Å². The summed E-state index contributed by atoms with van der Waals surface area (Å²) < 4.78 is 0. The zero-order chi connectivity index (χ0) is 9.97. The lowest BCUT2D eigenvalue weighted by Gasteiger charge is -1.99. The molecule has 1 aromatic carbocycles. The highest BCUT2D eigenvalue weighted by atomic mass is 32.2. The number of nitrogens with zero attached hydrogens (tertiary/aromatic N) is 1. The van der Waals surface area contributed by atoms with Crippen LogP contribution < -0.4 is 5.73 Å². The first-order chi connectivity index (χ1) is 6.79. The molecule has 0 fully saturated rings. The lowest BCUT2D eigenvalue weighted by molar-refractivity contribution is 1.41. The predicted octanol–water partition coefficient (Wildman–Crippen LogP) is 3.11. The molecule has 0 aliphatic heterocycles. The molecule has 1 aromatic heterocycles. The van der Waals surface area contributed by atoms with Crippen molar-refractivity contribution in [1.82, 2.24) is 4.98 Å². The van der Waals surface area contributed by atoms with Gasteiger partial charge in [0.1, 0.15) is 0 Å². The molecule has 2 aromatic rings. The number of rotatable bonds is 2. The number of aromatic nitrogens is 1. The number of hydrogen-bond acceptors (Lipinski definition) is 4. The quantitative estimate of drug-likeness (QED) is 0.793. The van der Waals surface area contributed by atoms with Crippen LogP contribution in [-0.4, -0.2) is 11.2 Å². The predicted molar refractivity (Wildman–Crippen MR) is 63.7 cm³/mol. The molecule has 0 saturated heterocycles. The van der Waals surface area contributed by atoms with Gasteiger partial charge < -0.3 is 5.73 Å². The Hall–Kier alpha value is -1.00. The number of thioether (sulfide) groups is 1. The molecule has 0 saturated carbocycles. The van der Waals surface area contributed by atoms with Gasteiger partial charge in [0.05, 0.1) is 4.88 Å². The molecule has 2 rings (SSSR count). The fourth-order valence-corrected chi connectivity index (χ4v) is 2.34. The van der Waals surface area contributed by atoms with E-state index in [0.29, 0.717) is 5.13 Å². The van der Waals surface area contributed by atoms with E-state index in [0.717, 1.165) is 4.88 Å². The van der Waals surface area contributed by atoms with Crippen LogP contribution in [0.15, 0.2) is 35.4 Å². The summed E-state index contributed by atoms with van der Waals surface area (Å²) in [7, 11) is 0. The van der Waals surface area contributed by atoms with Crippen molar-refractivity contribution in [3.05, 3.63) is 30.5 Å². The second-order valence-corrected chi connectivity index (χ2v) is 4.74. The molecule has 0 radical (unpaired) electrons. The molecule has 0 aliphatic carbocycles. The Bertz CT molecular complexity index is 437. The summed E-state index contributed by atoms with van der Waals surface area (Å²) in [6.45, 7) is 0. The molecular weight excluding hydrogens is 212 g/mol. The lowest BCUT2D eigenvalue weighted by Crippen LogP contribution is -1.77. The van der Waals surface area contributed by atoms with Gasteiger partial charge >= 0.3 is 0 Å². The highest BCUT2D eigenvalue weighted by Crippen LogP contribution is 2.29. The average molecular weight is 222 g/mol. The highest BCUT2D eigenvalue weighted by molar-refractivity contribution is 7.98. The van der Waals surface area contributed by atoms with Crippen LogP contribution in [0.25, 0.3) is 10.4 Å². The smallest absolute Gasteiger partial charge is 0.180 e. The summed E-state index contributed by atoms with van der Waals surface area (Å²) in [5.41, 5.74) is 6.77. The zero-order valence-electron chi connectivity index (χ0n) is 7.73. The van der Waals surface area contributed by atoms with Crippen molar-refractivity contribution < 1.29 is 0 Å². The van der Waals surface area contributed by atoms with Gasteiger partial charge in [0.15, 0.2) is 5.13 Å². The number of nitrogens with two attached hydrogens (primary N) is 1. The summed E-state index contributed by atoms with van der Waals surface area (Å²) in [4.78, 5) is 6.42. The van der Waals surface area contributed by atoms with Crippen molar-refractivity contribution in [3.63, 3.8) is 0 Å². The van der Waals surface area contributed by atoms with Gasteiger partial charge in [0.25, 0.3) is 0 Å². The van der Waals surface area contributed by atoms with Crippen LogP contribution >= 0.6 is 23.1 Å². The van der Waals surface area contributed by atoms with E-state index >= 15 is 0 Å². The van der Waals surface area contributed by atoms with Crippen molar-refractivity contribution in [1.29, 1.82) is 0 Å². The largest absolute Gasteiger partial charge is 0.375 e. The fraction of sp³-hybridized carbons (Fsp3) is 0.100. The highest BCUT2D eigenvalue weighted by Gasteiger charge is 2.02. The van der Waals surface area contributed by atoms with E-state index in [2.05, 4.69) is 35.5 Å². The number of nitrogen functional groups attached to an aromatic ring is 1. The summed E-state index contributed by atoms with van der Waals surface area (Å²) in [6.07, 6.45) is 3.89. The Kier molecular flexibility index (Phi) is 2.74. The summed E-state index contributed by atoms with van der Waals surface area (Å²) in [6, 6.07) is 8.37. The van der Waals surface area contributed by atoms with Gasteiger partial charge in [0, 0.05) is 11.1 Å². The third-order valence-electron chi connectivity index (χ3n) is 1.88. The van der Waals surface area contributed by atoms with E-state index in [1.165, 1.54) is 21.8 Å². The molecule has 2 nitrogen and oxygen atoms in total. The van der Waals surface area contributed by atoms with Gasteiger partial charge in [-0.3, -0.25) is 0 Å². The van der Waals surface area contributed by atoms with E-state index in [9.17, 15) is 0 Å². The average Bonchev–Trinajstić information content (AvgIpc) is 2.65. The minimum Gasteiger partial charge on any atom is -0.375 e. The lowest BCUT2D eigenvalue weighted by atomic mass is 10.2. The van der Waals surface area contributed by atoms with E-state index in [4.69, 9.17) is 5.73 Å². The maximum atomic E-state index is 5.59. The fourth-order valence-electron chi connectivity index (χ4n) is 1.20. The molecular formula is C10H10N2S2. The Morgan fingerprint density at radius 1 is 1.43 bits per heavy atom. The van der Waals surface area contributed by atoms with Gasteiger partial charge in [-0.15, -0.1) is 11.8 Å². The Morgan fingerprint density at radius 2 is 2.29 bits per heavy atom. The Balaban J connectivity index is 2.41. The van der Waals surface area contributed by atoms with Crippen molar-refractivity contribution in [2.45, 2.75) is 4.90 Å². The van der Waals surface area contributed by atoms with Crippen molar-refractivity contribution in [2.24, 2.45) is 0 Å². The van der Waals surface area contributed by atoms with Crippen molar-refractivity contribution in [3.8, 4) is 10.4 Å². The van der Waals surface area contributed by atoms with Crippen molar-refractivity contribution in [2.75, 3.05) is 12.0 Å². The normalized spacial score (nSPS) is 10.4. The second-order valence-electron chi connectivity index (χ2n) is 2.79. The molecule has 0 atom stereocenters. The SMILES string of the molecule is CSc1cccc(-c2cnc(N)s2)c1. The third kappa shape index (κ3) is 1.91. The monoisotopic (exact) mass is 222 g/mol. The second kappa shape index (κ2) is 4.02. The van der Waals surface area contributed by atoms with Crippen LogP contribution in [0.4, 0.5) is 5.13 Å². The number of thiazole rings is 1. The first-order valence-electron chi connectivity index (χ1n) is 4.15. The zero-order valence-corrected chi connectivity index (χ0v) is 9.36. The standard InChI is InChI=1S/C10H10N2S2/c1-13-8-4-2-3-7(5-8)9-6-12-10(11)14-9/h2-6H,1H3,(H2,11,12). The van der Waals surface area contributed by atoms with Crippen LogP contribution in [0.2, 0.25) is 0 Å². The minimum absolute atomic E-state index is 0.620. The molecule has 14 heavy (non-hydrogen) atoms. The molecule has 72 valence electrons. The maximum absolute atomic E-state index is 5.59. The van der Waals surface area contributed by atoms with Gasteiger partial charge in [-0.25, -0.2) is 4.98 Å². The van der Waals surface area contributed by atoms with Crippen LogP contribution in [0.1, 0.15) is 0 Å². The van der Waals surface area contributed by atoms with Crippen LogP contribution in [0.3, 0.4) is 0 Å². The molecule has 0 spiro atoms. The first-order valence-corrected chi connectivity index (χ1v) is 6.19. The number of anilines is 1. The van der Waals surface area contributed by atoms with Crippen molar-refractivity contribution >= 4 is 28.2 Å². The van der Waals surface area contributed by atoms with Crippen LogP contribution in [0.5, 0.6) is 0 Å². The summed E-state index contributed by atoms with van der Waals surface area (Å²) in [5.74, 6) is 0. The topological polar surface area (TPSA) is 38.9 Å².